The minimum atomic E-state index is -4.50. The van der Waals surface area contributed by atoms with Gasteiger partial charge in [-0.2, -0.15) is 0 Å². The van der Waals surface area contributed by atoms with Crippen LogP contribution in [0.4, 0.5) is 4.79 Å². The summed E-state index contributed by atoms with van der Waals surface area (Å²) in [5.74, 6) is 0. The van der Waals surface area contributed by atoms with Gasteiger partial charge in [0.25, 0.3) is 0 Å². The van der Waals surface area contributed by atoms with Crippen molar-refractivity contribution in [1.82, 2.24) is 0 Å². The van der Waals surface area contributed by atoms with Crippen LogP contribution in [0.3, 0.4) is 0 Å². The summed E-state index contributed by atoms with van der Waals surface area (Å²) in [5.41, 5.74) is -1.81. The minimum absolute atomic E-state index is 0.0843. The van der Waals surface area contributed by atoms with Gasteiger partial charge in [0.15, 0.2) is 0 Å². The Morgan fingerprint density at radius 1 is 0.655 bits per heavy atom. The first kappa shape index (κ1) is 28.6. The topological polar surface area (TPSA) is 93.1 Å². The predicted octanol–water partition coefficient (Wildman–Crippen LogP) is 7.53. The number of carboxylic acid groups (broad SMARTS) is 1. The fourth-order valence-corrected chi connectivity index (χ4v) is 3.75. The zero-order valence-corrected chi connectivity index (χ0v) is 19.5. The van der Waals surface area contributed by atoms with E-state index in [1.165, 1.54) is 96.3 Å². The Bertz CT molecular complexity index is 416. The monoisotopic (exact) mass is 436 g/mol. The quantitative estimate of drug-likeness (QED) is 0.127. The van der Waals surface area contributed by atoms with Crippen LogP contribution in [0.2, 0.25) is 0 Å². The molecule has 29 heavy (non-hydrogen) atoms. The zero-order valence-electron chi connectivity index (χ0n) is 18.6. The van der Waals surface area contributed by atoms with E-state index in [1.807, 2.05) is 0 Å². The molecule has 0 aromatic carbocycles. The van der Waals surface area contributed by atoms with Gasteiger partial charge in [-0.25, -0.2) is 9.36 Å². The van der Waals surface area contributed by atoms with Crippen LogP contribution in [0.1, 0.15) is 116 Å². The van der Waals surface area contributed by atoms with Crippen molar-refractivity contribution in [2.24, 2.45) is 0 Å². The largest absolute Gasteiger partial charge is 0.472 e. The van der Waals surface area contributed by atoms with Crippen molar-refractivity contribution in [3.63, 3.8) is 0 Å². The summed E-state index contributed by atoms with van der Waals surface area (Å²) in [4.78, 5) is 19.3. The van der Waals surface area contributed by atoms with Gasteiger partial charge in [0.2, 0.25) is 0 Å². The van der Waals surface area contributed by atoms with Crippen LogP contribution in [0, 0.1) is 0 Å². The fraction of sp³-hybridized carbons (Fsp3) is 0.955. The lowest BCUT2D eigenvalue weighted by Crippen LogP contribution is -2.04. The molecular formula is C22H45O6P. The van der Waals surface area contributed by atoms with E-state index in [2.05, 4.69) is 11.4 Å². The Hall–Kier alpha value is -0.420. The van der Waals surface area contributed by atoms with Gasteiger partial charge in [-0.05, 0) is 12.8 Å². The summed E-state index contributed by atoms with van der Waals surface area (Å²) in [6.45, 7) is 3.27. The molecule has 2 N–H and O–H groups in total. The van der Waals surface area contributed by atoms with E-state index in [0.717, 1.165) is 6.42 Å². The van der Waals surface area contributed by atoms with Gasteiger partial charge in [0.1, 0.15) is 0 Å². The van der Waals surface area contributed by atoms with Gasteiger partial charge in [0, 0.05) is 13.2 Å². The first-order valence-electron chi connectivity index (χ1n) is 11.8. The summed E-state index contributed by atoms with van der Waals surface area (Å²) in [7, 11) is -4.50. The Balaban J connectivity index is 3.12. The van der Waals surface area contributed by atoms with E-state index in [0.29, 0.717) is 19.6 Å². The molecule has 0 aliphatic heterocycles. The number of carbonyl (C=O) groups is 1. The maximum atomic E-state index is 11.0. The number of hydrogen-bond acceptors (Lipinski definition) is 4. The third-order valence-corrected chi connectivity index (χ3v) is 6.10. The van der Waals surface area contributed by atoms with Crippen LogP contribution >= 0.6 is 7.60 Å². The van der Waals surface area contributed by atoms with Gasteiger partial charge in [-0.3, -0.25) is 0 Å². The van der Waals surface area contributed by atoms with E-state index < -0.39 is 13.3 Å². The molecule has 0 aliphatic carbocycles. The lowest BCUT2D eigenvalue weighted by atomic mass is 10.0. The number of hydrogen-bond donors (Lipinski definition) is 2. The summed E-state index contributed by atoms with van der Waals surface area (Å²) < 4.78 is 20.9. The first-order valence-corrected chi connectivity index (χ1v) is 13.4. The van der Waals surface area contributed by atoms with Gasteiger partial charge >= 0.3 is 13.3 Å². The molecule has 1 atom stereocenters. The molecule has 174 valence electrons. The van der Waals surface area contributed by atoms with Crippen molar-refractivity contribution in [3.8, 4) is 0 Å². The molecule has 0 fully saturated rings. The average Bonchev–Trinajstić information content (AvgIpc) is 2.69. The molecule has 0 aliphatic rings. The van der Waals surface area contributed by atoms with Crippen molar-refractivity contribution < 1.29 is 28.6 Å². The van der Waals surface area contributed by atoms with Gasteiger partial charge in [0.05, 0.1) is 6.61 Å². The van der Waals surface area contributed by atoms with E-state index >= 15 is 0 Å². The summed E-state index contributed by atoms with van der Waals surface area (Å²) in [6.07, 6.45) is 21.8. The van der Waals surface area contributed by atoms with Crippen LogP contribution in [0.5, 0.6) is 0 Å². The number of rotatable bonds is 23. The van der Waals surface area contributed by atoms with Crippen molar-refractivity contribution in [1.29, 1.82) is 0 Å². The highest BCUT2D eigenvalue weighted by Gasteiger charge is 2.29. The second-order valence-corrected chi connectivity index (χ2v) is 9.59. The summed E-state index contributed by atoms with van der Waals surface area (Å²) in [5, 5.41) is 8.44. The van der Waals surface area contributed by atoms with E-state index in [-0.39, 0.29) is 6.61 Å². The van der Waals surface area contributed by atoms with Crippen LogP contribution in [0.15, 0.2) is 0 Å². The smallest absolute Gasteiger partial charge is 0.435 e. The van der Waals surface area contributed by atoms with Gasteiger partial charge in [-0.1, -0.05) is 103 Å². The highest BCUT2D eigenvalue weighted by atomic mass is 31.2. The molecular weight excluding hydrogens is 391 g/mol. The molecule has 7 heteroatoms. The number of ether oxygens (including phenoxy) is 1. The molecule has 0 aromatic rings. The maximum Gasteiger partial charge on any atom is 0.435 e. The van der Waals surface area contributed by atoms with Crippen molar-refractivity contribution >= 4 is 13.3 Å². The Morgan fingerprint density at radius 3 is 1.45 bits per heavy atom. The molecule has 0 spiro atoms. The third kappa shape index (κ3) is 20.6. The first-order chi connectivity index (χ1) is 14.0. The number of unbranched alkanes of at least 4 members (excludes halogenated alkanes) is 15. The van der Waals surface area contributed by atoms with Crippen LogP contribution < -0.4 is 0 Å². The van der Waals surface area contributed by atoms with E-state index in [4.69, 9.17) is 14.7 Å². The predicted molar refractivity (Wildman–Crippen MR) is 119 cm³/mol. The zero-order chi connectivity index (χ0) is 21.6. The Kier molecular flexibility index (Phi) is 20.5. The van der Waals surface area contributed by atoms with Crippen molar-refractivity contribution in [3.05, 3.63) is 0 Å². The highest BCUT2D eigenvalue weighted by Crippen LogP contribution is 2.42. The lowest BCUT2D eigenvalue weighted by Gasteiger charge is -2.07. The molecule has 0 rings (SSSR count). The molecule has 0 aromatic heterocycles. The van der Waals surface area contributed by atoms with Crippen molar-refractivity contribution in [2.45, 2.75) is 116 Å². The summed E-state index contributed by atoms with van der Waals surface area (Å²) in [6, 6.07) is 0. The van der Waals surface area contributed by atoms with Crippen molar-refractivity contribution in [2.75, 3.05) is 19.8 Å². The molecule has 0 amide bonds. The summed E-state index contributed by atoms with van der Waals surface area (Å²) >= 11 is 0. The van der Waals surface area contributed by atoms with Crippen LogP contribution in [0.25, 0.3) is 0 Å². The highest BCUT2D eigenvalue weighted by molar-refractivity contribution is 7.70. The third-order valence-electron chi connectivity index (χ3n) is 5.08. The Labute approximate surface area is 178 Å². The van der Waals surface area contributed by atoms with E-state index in [9.17, 15) is 9.36 Å². The SMILES string of the molecule is CCCCCCCCCCCCCCCCCCOCCCOP(=O)(O)C(=O)O. The molecule has 0 saturated carbocycles. The van der Waals surface area contributed by atoms with Gasteiger partial charge < -0.3 is 19.3 Å². The molecule has 1 unspecified atom stereocenters. The molecule has 0 saturated heterocycles. The maximum absolute atomic E-state index is 11.0. The van der Waals surface area contributed by atoms with Crippen LogP contribution in [-0.2, 0) is 13.8 Å². The molecule has 6 nitrogen and oxygen atoms in total. The molecule has 0 radical (unpaired) electrons. The lowest BCUT2D eigenvalue weighted by molar-refractivity contribution is 0.113. The average molecular weight is 437 g/mol. The minimum Gasteiger partial charge on any atom is -0.472 e. The Morgan fingerprint density at radius 2 is 1.03 bits per heavy atom. The molecule has 0 heterocycles. The standard InChI is InChI=1S/C22H45O6P/c1-2-3-4-5-6-7-8-9-10-11-12-13-14-15-16-17-19-27-20-18-21-28-29(25,26)22(23)24/h2-21H2,1H3,(H,23,24)(H,25,26). The second kappa shape index (κ2) is 20.8. The van der Waals surface area contributed by atoms with Gasteiger partial charge in [-0.15, -0.1) is 0 Å². The second-order valence-electron chi connectivity index (χ2n) is 7.91. The normalized spacial score (nSPS) is 13.4. The van der Waals surface area contributed by atoms with Crippen LogP contribution in [-0.4, -0.2) is 35.5 Å². The van der Waals surface area contributed by atoms with E-state index in [1.54, 1.807) is 0 Å². The molecule has 0 bridgehead atoms. The fourth-order valence-electron chi connectivity index (χ4n) is 3.26.